The minimum Gasteiger partial charge on any atom is -0.352 e. The molecule has 1 fully saturated rings. The Kier molecular flexibility index (Phi) is 5.89. The van der Waals surface area contributed by atoms with Gasteiger partial charge in [-0.05, 0) is 49.8 Å². The smallest absolute Gasteiger partial charge is 0.251 e. The number of likely N-dealkylation sites (tertiary alicyclic amines) is 1. The average molecular weight is 353 g/mol. The molecule has 0 aromatic heterocycles. The molecule has 0 spiro atoms. The Hall–Kier alpha value is -2.40. The van der Waals surface area contributed by atoms with Crippen molar-refractivity contribution in [3.05, 3.63) is 48.0 Å². The molecule has 5 nitrogen and oxygen atoms in total. The van der Waals surface area contributed by atoms with Crippen molar-refractivity contribution in [3.8, 4) is 0 Å². The summed E-state index contributed by atoms with van der Waals surface area (Å²) in [5, 5.41) is 5.02. The molecule has 0 unspecified atom stereocenters. The van der Waals surface area contributed by atoms with Crippen molar-refractivity contribution in [1.29, 1.82) is 0 Å². The van der Waals surface area contributed by atoms with Gasteiger partial charge in [0.15, 0.2) is 0 Å². The van der Waals surface area contributed by atoms with Crippen LogP contribution in [0.3, 0.4) is 0 Å². The fourth-order valence-electron chi connectivity index (χ4n) is 3.51. The molecular formula is C21H27N3O2. The molecule has 1 aliphatic heterocycles. The van der Waals surface area contributed by atoms with Gasteiger partial charge in [0.2, 0.25) is 5.91 Å². The number of nitrogens with one attached hydrogen (secondary N) is 1. The SMILES string of the molecule is CN(C)C1CCN(C(=O)CCNC(=O)c2ccc3ccccc3c2)CC1. The molecule has 138 valence electrons. The Morgan fingerprint density at radius 2 is 1.77 bits per heavy atom. The summed E-state index contributed by atoms with van der Waals surface area (Å²) in [6.07, 6.45) is 2.39. The Balaban J connectivity index is 1.46. The first-order valence-electron chi connectivity index (χ1n) is 9.26. The van der Waals surface area contributed by atoms with Crippen LogP contribution < -0.4 is 5.32 Å². The molecule has 1 aliphatic rings. The van der Waals surface area contributed by atoms with Crippen LogP contribution in [0.1, 0.15) is 29.6 Å². The minimum atomic E-state index is -0.130. The zero-order valence-corrected chi connectivity index (χ0v) is 15.6. The van der Waals surface area contributed by atoms with Crippen LogP contribution in [0.2, 0.25) is 0 Å². The van der Waals surface area contributed by atoms with E-state index in [0.29, 0.717) is 24.6 Å². The highest BCUT2D eigenvalue weighted by Gasteiger charge is 2.23. The van der Waals surface area contributed by atoms with Crippen LogP contribution in [0, 0.1) is 0 Å². The topological polar surface area (TPSA) is 52.6 Å². The number of fused-ring (bicyclic) bond motifs is 1. The summed E-state index contributed by atoms with van der Waals surface area (Å²) in [7, 11) is 4.18. The van der Waals surface area contributed by atoms with Gasteiger partial charge in [-0.3, -0.25) is 9.59 Å². The summed E-state index contributed by atoms with van der Waals surface area (Å²) in [5.74, 6) is -0.00381. The van der Waals surface area contributed by atoms with Gasteiger partial charge in [-0.1, -0.05) is 30.3 Å². The fourth-order valence-corrected chi connectivity index (χ4v) is 3.51. The van der Waals surface area contributed by atoms with Gasteiger partial charge >= 0.3 is 0 Å². The van der Waals surface area contributed by atoms with Crippen molar-refractivity contribution in [2.75, 3.05) is 33.7 Å². The van der Waals surface area contributed by atoms with Crippen molar-refractivity contribution < 1.29 is 9.59 Å². The zero-order valence-electron chi connectivity index (χ0n) is 15.6. The predicted octanol–water partition coefficient (Wildman–Crippen LogP) is 2.51. The van der Waals surface area contributed by atoms with E-state index in [1.165, 1.54) is 0 Å². The van der Waals surface area contributed by atoms with Crippen molar-refractivity contribution >= 4 is 22.6 Å². The number of hydrogen-bond donors (Lipinski definition) is 1. The van der Waals surface area contributed by atoms with Gasteiger partial charge in [-0.25, -0.2) is 0 Å². The molecule has 2 aromatic carbocycles. The first-order chi connectivity index (χ1) is 12.5. The standard InChI is InChI=1S/C21H27N3O2/c1-23(2)19-10-13-24(14-11-19)20(25)9-12-22-21(26)18-8-7-16-5-3-4-6-17(16)15-18/h3-8,15,19H,9-14H2,1-2H3,(H,22,26). The number of rotatable bonds is 5. The first-order valence-corrected chi connectivity index (χ1v) is 9.26. The molecule has 0 bridgehead atoms. The van der Waals surface area contributed by atoms with Gasteiger partial charge in [-0.2, -0.15) is 0 Å². The quantitative estimate of drug-likeness (QED) is 0.899. The molecule has 0 radical (unpaired) electrons. The van der Waals surface area contributed by atoms with Crippen LogP contribution in [-0.2, 0) is 4.79 Å². The summed E-state index contributed by atoms with van der Waals surface area (Å²) in [5.41, 5.74) is 0.628. The molecule has 3 rings (SSSR count). The number of benzene rings is 2. The third-order valence-corrected chi connectivity index (χ3v) is 5.18. The van der Waals surface area contributed by atoms with Gasteiger partial charge in [0.05, 0.1) is 0 Å². The van der Waals surface area contributed by atoms with Gasteiger partial charge in [-0.15, -0.1) is 0 Å². The van der Waals surface area contributed by atoms with Crippen LogP contribution in [0.15, 0.2) is 42.5 Å². The molecule has 1 saturated heterocycles. The van der Waals surface area contributed by atoms with Crippen LogP contribution in [0.25, 0.3) is 10.8 Å². The molecule has 0 atom stereocenters. The molecule has 0 aliphatic carbocycles. The van der Waals surface area contributed by atoms with Gasteiger partial charge in [0.25, 0.3) is 5.91 Å². The Bertz CT molecular complexity index is 780. The zero-order chi connectivity index (χ0) is 18.5. The lowest BCUT2D eigenvalue weighted by Crippen LogP contribution is -2.45. The number of carbonyl (C=O) groups is 2. The van der Waals surface area contributed by atoms with E-state index in [4.69, 9.17) is 0 Å². The maximum atomic E-state index is 12.3. The normalized spacial score (nSPS) is 15.4. The maximum absolute atomic E-state index is 12.3. The summed E-state index contributed by atoms with van der Waals surface area (Å²) in [6.45, 7) is 1.98. The van der Waals surface area contributed by atoms with Gasteiger partial charge < -0.3 is 15.1 Å². The predicted molar refractivity (Wildman–Crippen MR) is 104 cm³/mol. The summed E-state index contributed by atoms with van der Waals surface area (Å²) in [6, 6.07) is 14.2. The minimum absolute atomic E-state index is 0.126. The highest BCUT2D eigenvalue weighted by Crippen LogP contribution is 2.16. The third-order valence-electron chi connectivity index (χ3n) is 5.18. The number of nitrogens with zero attached hydrogens (tertiary/aromatic N) is 2. The third kappa shape index (κ3) is 4.41. The van der Waals surface area contributed by atoms with E-state index in [0.717, 1.165) is 36.7 Å². The van der Waals surface area contributed by atoms with E-state index in [9.17, 15) is 9.59 Å². The molecule has 0 saturated carbocycles. The highest BCUT2D eigenvalue weighted by atomic mass is 16.2. The first kappa shape index (κ1) is 18.4. The number of carbonyl (C=O) groups excluding carboxylic acids is 2. The average Bonchev–Trinajstić information content (AvgIpc) is 2.67. The van der Waals surface area contributed by atoms with Gasteiger partial charge in [0, 0.05) is 37.7 Å². The lowest BCUT2D eigenvalue weighted by molar-refractivity contribution is -0.132. The molecular weight excluding hydrogens is 326 g/mol. The largest absolute Gasteiger partial charge is 0.352 e. The lowest BCUT2D eigenvalue weighted by atomic mass is 10.0. The summed E-state index contributed by atoms with van der Waals surface area (Å²) in [4.78, 5) is 28.8. The Morgan fingerprint density at radius 1 is 1.08 bits per heavy atom. The van der Waals surface area contributed by atoms with E-state index in [-0.39, 0.29) is 11.8 Å². The molecule has 2 aromatic rings. The van der Waals surface area contributed by atoms with Crippen molar-refractivity contribution in [2.24, 2.45) is 0 Å². The number of amides is 2. The number of piperidine rings is 1. The summed E-state index contributed by atoms with van der Waals surface area (Å²) >= 11 is 0. The molecule has 1 heterocycles. The fraction of sp³-hybridized carbons (Fsp3) is 0.429. The highest BCUT2D eigenvalue weighted by molar-refractivity contribution is 5.98. The van der Waals surface area contributed by atoms with E-state index in [1.54, 1.807) is 0 Å². The molecule has 1 N–H and O–H groups in total. The van der Waals surface area contributed by atoms with E-state index < -0.39 is 0 Å². The van der Waals surface area contributed by atoms with Crippen molar-refractivity contribution in [2.45, 2.75) is 25.3 Å². The second kappa shape index (κ2) is 8.32. The lowest BCUT2D eigenvalue weighted by Gasteiger charge is -2.35. The Labute approximate surface area is 155 Å². The van der Waals surface area contributed by atoms with Crippen molar-refractivity contribution in [3.63, 3.8) is 0 Å². The second-order valence-electron chi connectivity index (χ2n) is 7.14. The number of hydrogen-bond acceptors (Lipinski definition) is 3. The van der Waals surface area contributed by atoms with Gasteiger partial charge in [0.1, 0.15) is 0 Å². The molecule has 5 heteroatoms. The van der Waals surface area contributed by atoms with Crippen LogP contribution in [0.4, 0.5) is 0 Å². The Morgan fingerprint density at radius 3 is 2.46 bits per heavy atom. The maximum Gasteiger partial charge on any atom is 0.251 e. The van der Waals surface area contributed by atoms with Crippen LogP contribution in [-0.4, -0.2) is 61.4 Å². The summed E-state index contributed by atoms with van der Waals surface area (Å²) < 4.78 is 0. The molecule has 2 amide bonds. The van der Waals surface area contributed by atoms with E-state index in [1.807, 2.05) is 47.4 Å². The van der Waals surface area contributed by atoms with Crippen molar-refractivity contribution in [1.82, 2.24) is 15.1 Å². The monoisotopic (exact) mass is 353 g/mol. The van der Waals surface area contributed by atoms with E-state index in [2.05, 4.69) is 24.3 Å². The second-order valence-corrected chi connectivity index (χ2v) is 7.14. The van der Waals surface area contributed by atoms with Crippen LogP contribution in [0.5, 0.6) is 0 Å². The van der Waals surface area contributed by atoms with E-state index >= 15 is 0 Å². The van der Waals surface area contributed by atoms with Crippen LogP contribution >= 0.6 is 0 Å². The molecule has 26 heavy (non-hydrogen) atoms.